The lowest BCUT2D eigenvalue weighted by Gasteiger charge is -2.34. The number of rotatable bonds is 7. The van der Waals surface area contributed by atoms with Crippen molar-refractivity contribution in [3.05, 3.63) is 218 Å². The van der Waals surface area contributed by atoms with Gasteiger partial charge in [-0.05, 0) is 105 Å². The van der Waals surface area contributed by atoms with E-state index >= 15 is 0 Å². The molecular weight excluding hydrogens is 653 g/mol. The maximum absolute atomic E-state index is 2.42. The quantitative estimate of drug-likeness (QED) is 0.164. The summed E-state index contributed by atoms with van der Waals surface area (Å²) in [5, 5.41) is 2.55. The average molecular weight is 689 g/mol. The van der Waals surface area contributed by atoms with Gasteiger partial charge in [0.2, 0.25) is 0 Å². The van der Waals surface area contributed by atoms with Gasteiger partial charge in [-0.2, -0.15) is 0 Å². The van der Waals surface area contributed by atoms with E-state index in [9.17, 15) is 0 Å². The minimum absolute atomic E-state index is 1.10. The first-order chi connectivity index (χ1) is 26.8. The summed E-state index contributed by atoms with van der Waals surface area (Å²) in [5.41, 5.74) is 16.5. The molecule has 0 unspecified atom stereocenters. The smallest absolute Gasteiger partial charge is 0.0546 e. The third kappa shape index (κ3) is 5.62. The van der Waals surface area contributed by atoms with Gasteiger partial charge in [-0.25, -0.2) is 0 Å². The van der Waals surface area contributed by atoms with E-state index in [2.05, 4.69) is 228 Å². The van der Waals surface area contributed by atoms with E-state index in [1.54, 1.807) is 0 Å². The fraction of sp³-hybridized carbons (Fsp3) is 0. The van der Waals surface area contributed by atoms with E-state index in [0.29, 0.717) is 0 Å². The summed E-state index contributed by atoms with van der Waals surface area (Å²) in [6.45, 7) is 0. The Hall–Kier alpha value is -7.16. The van der Waals surface area contributed by atoms with Crippen LogP contribution in [0.15, 0.2) is 218 Å². The highest BCUT2D eigenvalue weighted by molar-refractivity contribution is 6.14. The summed E-state index contributed by atoms with van der Waals surface area (Å²) >= 11 is 0. The Balaban J connectivity index is 1.08. The van der Waals surface area contributed by atoms with Crippen LogP contribution in [0, 0.1) is 0 Å². The zero-order valence-corrected chi connectivity index (χ0v) is 29.7. The topological polar surface area (TPSA) is 6.48 Å². The van der Waals surface area contributed by atoms with Crippen LogP contribution in [0.4, 0.5) is 34.1 Å². The third-order valence-electron chi connectivity index (χ3n) is 10.5. The van der Waals surface area contributed by atoms with Crippen molar-refractivity contribution in [2.75, 3.05) is 9.80 Å². The second-order valence-electron chi connectivity index (χ2n) is 13.8. The summed E-state index contributed by atoms with van der Waals surface area (Å²) in [4.78, 5) is 4.79. The Morgan fingerprint density at radius 1 is 0.296 bits per heavy atom. The largest absolute Gasteiger partial charge is 0.310 e. The zero-order valence-electron chi connectivity index (χ0n) is 29.7. The van der Waals surface area contributed by atoms with Crippen molar-refractivity contribution in [1.29, 1.82) is 0 Å². The number of para-hydroxylation sites is 1. The molecule has 0 aliphatic carbocycles. The molecule has 0 spiro atoms. The molecule has 10 rings (SSSR count). The van der Waals surface area contributed by atoms with Crippen molar-refractivity contribution in [2.24, 2.45) is 0 Å². The van der Waals surface area contributed by atoms with Crippen LogP contribution >= 0.6 is 0 Å². The maximum Gasteiger partial charge on any atom is 0.0546 e. The fourth-order valence-electron chi connectivity index (χ4n) is 8.00. The molecule has 2 heteroatoms. The first-order valence-electron chi connectivity index (χ1n) is 18.5. The summed E-state index contributed by atoms with van der Waals surface area (Å²) in [7, 11) is 0. The molecule has 9 aromatic rings. The van der Waals surface area contributed by atoms with Crippen molar-refractivity contribution in [1.82, 2.24) is 0 Å². The molecule has 1 aliphatic heterocycles. The maximum atomic E-state index is 2.42. The Bertz CT molecular complexity index is 2670. The molecule has 2 nitrogen and oxygen atoms in total. The summed E-state index contributed by atoms with van der Waals surface area (Å²) in [6.07, 6.45) is 0. The van der Waals surface area contributed by atoms with Crippen molar-refractivity contribution in [2.45, 2.75) is 0 Å². The van der Waals surface area contributed by atoms with E-state index in [0.717, 1.165) is 22.7 Å². The van der Waals surface area contributed by atoms with Gasteiger partial charge >= 0.3 is 0 Å². The van der Waals surface area contributed by atoms with Gasteiger partial charge < -0.3 is 9.80 Å². The second-order valence-corrected chi connectivity index (χ2v) is 13.8. The van der Waals surface area contributed by atoms with Gasteiger partial charge in [0.1, 0.15) is 0 Å². The van der Waals surface area contributed by atoms with Crippen molar-refractivity contribution in [3.63, 3.8) is 0 Å². The molecule has 0 saturated heterocycles. The van der Waals surface area contributed by atoms with Crippen molar-refractivity contribution >= 4 is 44.9 Å². The lowest BCUT2D eigenvalue weighted by Crippen LogP contribution is -2.15. The predicted molar refractivity (Wildman–Crippen MR) is 229 cm³/mol. The molecule has 9 aromatic carbocycles. The van der Waals surface area contributed by atoms with E-state index in [-0.39, 0.29) is 0 Å². The van der Waals surface area contributed by atoms with Gasteiger partial charge in [-0.1, -0.05) is 158 Å². The van der Waals surface area contributed by atoms with Crippen molar-refractivity contribution < 1.29 is 0 Å². The molecular formula is C52H36N2. The van der Waals surface area contributed by atoms with E-state index in [1.807, 2.05) is 0 Å². The normalized spacial score (nSPS) is 11.7. The molecule has 0 amide bonds. The fourth-order valence-corrected chi connectivity index (χ4v) is 8.00. The molecule has 0 N–H and O–H groups in total. The summed E-state index contributed by atoms with van der Waals surface area (Å²) < 4.78 is 0. The lowest BCUT2D eigenvalue weighted by molar-refractivity contribution is 1.28. The van der Waals surface area contributed by atoms with Crippen LogP contribution in [0.5, 0.6) is 0 Å². The van der Waals surface area contributed by atoms with Crippen LogP contribution in [-0.2, 0) is 0 Å². The third-order valence-corrected chi connectivity index (χ3v) is 10.5. The molecule has 0 radical (unpaired) electrons. The Morgan fingerprint density at radius 2 is 0.796 bits per heavy atom. The van der Waals surface area contributed by atoms with E-state index < -0.39 is 0 Å². The lowest BCUT2D eigenvalue weighted by atomic mass is 9.89. The highest BCUT2D eigenvalue weighted by Gasteiger charge is 2.26. The van der Waals surface area contributed by atoms with Gasteiger partial charge in [0.05, 0.1) is 11.4 Å². The summed E-state index contributed by atoms with van der Waals surface area (Å²) in [5.74, 6) is 0. The van der Waals surface area contributed by atoms with Gasteiger partial charge in [-0.15, -0.1) is 0 Å². The highest BCUT2D eigenvalue weighted by Crippen LogP contribution is 2.51. The van der Waals surface area contributed by atoms with Gasteiger partial charge in [0.25, 0.3) is 0 Å². The molecule has 0 atom stereocenters. The zero-order chi connectivity index (χ0) is 35.8. The van der Waals surface area contributed by atoms with Crippen LogP contribution in [0.2, 0.25) is 0 Å². The monoisotopic (exact) mass is 688 g/mol. The van der Waals surface area contributed by atoms with Crippen LogP contribution in [0.3, 0.4) is 0 Å². The number of nitrogens with zero attached hydrogens (tertiary/aromatic N) is 2. The molecule has 0 aromatic heterocycles. The molecule has 0 saturated carbocycles. The molecule has 54 heavy (non-hydrogen) atoms. The molecule has 0 fully saturated rings. The highest BCUT2D eigenvalue weighted by atomic mass is 15.2. The van der Waals surface area contributed by atoms with E-state index in [1.165, 1.54) is 66.7 Å². The standard InChI is InChI=1S/C52H36N2/c1-4-14-37(15-5-1)41-20-10-24-46(34-41)53(47-25-11-21-42(35-47)38-16-6-2-7-17-38)45-31-28-39(29-32-45)43-30-33-48-49-26-12-18-40-19-13-27-50(52(40)49)54(51(48)36-43)44-22-8-3-9-23-44/h1-36H. The Labute approximate surface area is 316 Å². The van der Waals surface area contributed by atoms with Crippen LogP contribution in [0.25, 0.3) is 55.3 Å². The number of benzene rings is 9. The summed E-state index contributed by atoms with van der Waals surface area (Å²) in [6, 6.07) is 78.9. The Kier molecular flexibility index (Phi) is 7.85. The SMILES string of the molecule is c1ccc(-c2cccc(N(c3ccc(-c4ccc5c(c4)N(c4ccccc4)c4cccc6cccc-5c46)cc3)c3cccc(-c4ccccc4)c3)c2)cc1. The molecule has 1 aliphatic rings. The number of fused-ring (bicyclic) bond motifs is 2. The minimum atomic E-state index is 1.10. The Morgan fingerprint density at radius 3 is 1.43 bits per heavy atom. The van der Waals surface area contributed by atoms with Gasteiger partial charge in [0.15, 0.2) is 0 Å². The number of hydrogen-bond donors (Lipinski definition) is 0. The first kappa shape index (κ1) is 31.6. The van der Waals surface area contributed by atoms with Gasteiger partial charge in [0, 0.05) is 33.7 Å². The molecule has 1 heterocycles. The molecule has 254 valence electrons. The van der Waals surface area contributed by atoms with Crippen molar-refractivity contribution in [3.8, 4) is 44.5 Å². The van der Waals surface area contributed by atoms with E-state index in [4.69, 9.17) is 0 Å². The first-order valence-corrected chi connectivity index (χ1v) is 18.5. The average Bonchev–Trinajstić information content (AvgIpc) is 3.25. The minimum Gasteiger partial charge on any atom is -0.310 e. The molecule has 0 bridgehead atoms. The number of hydrogen-bond acceptors (Lipinski definition) is 2. The van der Waals surface area contributed by atoms with Crippen LogP contribution < -0.4 is 9.80 Å². The second kappa shape index (κ2) is 13.4. The predicted octanol–water partition coefficient (Wildman–Crippen LogP) is 14.8. The van der Waals surface area contributed by atoms with Gasteiger partial charge in [-0.3, -0.25) is 0 Å². The van der Waals surface area contributed by atoms with Crippen LogP contribution in [0.1, 0.15) is 0 Å². The van der Waals surface area contributed by atoms with Crippen LogP contribution in [-0.4, -0.2) is 0 Å². The number of anilines is 6.